The highest BCUT2D eigenvalue weighted by molar-refractivity contribution is 7.98. The van der Waals surface area contributed by atoms with Gasteiger partial charge in [-0.1, -0.05) is 12.1 Å². The van der Waals surface area contributed by atoms with E-state index in [0.717, 1.165) is 40.3 Å². The van der Waals surface area contributed by atoms with Gasteiger partial charge in [0.1, 0.15) is 16.9 Å². The summed E-state index contributed by atoms with van der Waals surface area (Å²) in [5.41, 5.74) is 9.46. The topological polar surface area (TPSA) is 93.8 Å². The van der Waals surface area contributed by atoms with Crippen LogP contribution in [-0.2, 0) is 17.6 Å². The van der Waals surface area contributed by atoms with E-state index in [2.05, 4.69) is 45.3 Å². The van der Waals surface area contributed by atoms with E-state index in [0.29, 0.717) is 5.56 Å². The second-order valence-electron chi connectivity index (χ2n) is 10.9. The first-order valence-electron chi connectivity index (χ1n) is 11.5. The molecule has 2 aromatic rings. The molecule has 0 fully saturated rings. The van der Waals surface area contributed by atoms with Crippen molar-refractivity contribution >= 4 is 29.3 Å². The highest BCUT2D eigenvalue weighted by Crippen LogP contribution is 2.47. The first-order chi connectivity index (χ1) is 15.7. The second kappa shape index (κ2) is 8.15. The van der Waals surface area contributed by atoms with Gasteiger partial charge >= 0.3 is 0 Å². The van der Waals surface area contributed by atoms with Gasteiger partial charge in [-0.15, -0.1) is 11.8 Å². The van der Waals surface area contributed by atoms with Crippen LogP contribution in [0.15, 0.2) is 40.2 Å². The van der Waals surface area contributed by atoms with E-state index in [1.807, 2.05) is 18.2 Å². The Balaban J connectivity index is 1.84. The van der Waals surface area contributed by atoms with Crippen molar-refractivity contribution in [3.05, 3.63) is 58.1 Å². The van der Waals surface area contributed by atoms with Crippen molar-refractivity contribution in [3.8, 4) is 5.75 Å². The van der Waals surface area contributed by atoms with Gasteiger partial charge in [0.05, 0.1) is 11.3 Å². The maximum atomic E-state index is 12.9. The molecule has 34 heavy (non-hydrogen) atoms. The number of benzene rings is 2. The first-order valence-corrected chi connectivity index (χ1v) is 12.7. The summed E-state index contributed by atoms with van der Waals surface area (Å²) in [6, 6.07) is 9.64. The maximum absolute atomic E-state index is 12.9. The van der Waals surface area contributed by atoms with E-state index in [1.54, 1.807) is 31.7 Å². The van der Waals surface area contributed by atoms with E-state index in [1.165, 1.54) is 11.1 Å². The lowest BCUT2D eigenvalue weighted by atomic mass is 9.81. The molecule has 4 rings (SSSR count). The number of nitrogens with two attached hydrogens (primary N) is 1. The zero-order valence-corrected chi connectivity index (χ0v) is 21.8. The molecule has 0 saturated heterocycles. The average Bonchev–Trinajstić information content (AvgIpc) is 3.06. The van der Waals surface area contributed by atoms with Gasteiger partial charge in [-0.3, -0.25) is 14.6 Å². The Bertz CT molecular complexity index is 1230. The fourth-order valence-electron chi connectivity index (χ4n) is 4.66. The Morgan fingerprint density at radius 3 is 2.50 bits per heavy atom. The summed E-state index contributed by atoms with van der Waals surface area (Å²) < 4.78 is 6.37. The largest absolute Gasteiger partial charge is 0.486 e. The molecule has 0 aromatic heterocycles. The van der Waals surface area contributed by atoms with Gasteiger partial charge in [0.15, 0.2) is 0 Å². The smallest absolute Gasteiger partial charge is 0.252 e. The number of carbonyl (C=O) groups is 2. The monoisotopic (exact) mass is 479 g/mol. The van der Waals surface area contributed by atoms with Crippen LogP contribution in [0.5, 0.6) is 5.75 Å². The molecule has 2 amide bonds. The molecule has 2 aliphatic rings. The number of hydrogen-bond acceptors (Lipinski definition) is 5. The number of fused-ring (bicyclic) bond motifs is 3. The fraction of sp³-hybridized carbons (Fsp3) is 0.444. The van der Waals surface area contributed by atoms with Crippen molar-refractivity contribution in [2.45, 2.75) is 76.0 Å². The van der Waals surface area contributed by atoms with Gasteiger partial charge < -0.3 is 15.8 Å². The Morgan fingerprint density at radius 2 is 1.85 bits per heavy atom. The number of carbonyl (C=O) groups excluding carboxylic acids is 2. The Kier molecular flexibility index (Phi) is 5.83. The van der Waals surface area contributed by atoms with E-state index in [9.17, 15) is 9.59 Å². The van der Waals surface area contributed by atoms with E-state index < -0.39 is 11.4 Å². The summed E-state index contributed by atoms with van der Waals surface area (Å²) in [7, 11) is 0. The molecule has 3 N–H and O–H groups in total. The molecule has 180 valence electrons. The normalized spacial score (nSPS) is 17.8. The van der Waals surface area contributed by atoms with Crippen LogP contribution < -0.4 is 15.8 Å². The number of thioether (sulfide) groups is 1. The van der Waals surface area contributed by atoms with Gasteiger partial charge in [0, 0.05) is 33.6 Å². The lowest BCUT2D eigenvalue weighted by Crippen LogP contribution is -2.53. The van der Waals surface area contributed by atoms with Crippen molar-refractivity contribution in [1.29, 1.82) is 0 Å². The molecule has 0 atom stereocenters. The predicted molar refractivity (Wildman–Crippen MR) is 137 cm³/mol. The molecule has 2 heterocycles. The SMILES string of the molecule is CSc1cc2c(c3c1OC(C)(C)C3)C(c1cccc(C(=O)NC(C)(C)C(N)=O)c1)=NC(C)(C)C2. The molecule has 6 nitrogen and oxygen atoms in total. The second-order valence-corrected chi connectivity index (χ2v) is 11.8. The summed E-state index contributed by atoms with van der Waals surface area (Å²) in [5.74, 6) is 0.00171. The Hall–Kier alpha value is -2.80. The number of hydrogen-bond donors (Lipinski definition) is 2. The minimum absolute atomic E-state index is 0.284. The molecule has 2 aromatic carbocycles. The lowest BCUT2D eigenvalue weighted by molar-refractivity contribution is -0.122. The zero-order chi connectivity index (χ0) is 25.1. The Labute approximate surface area is 205 Å². The fourth-order valence-corrected chi connectivity index (χ4v) is 5.27. The van der Waals surface area contributed by atoms with Crippen LogP contribution in [-0.4, -0.2) is 40.5 Å². The Morgan fingerprint density at radius 1 is 1.15 bits per heavy atom. The minimum atomic E-state index is -1.15. The standard InChI is InChI=1S/C27H33N3O3S/c1-25(2)13-17-12-19(34-7)22-18(14-26(3,4)33-22)20(17)21(29-25)15-9-8-10-16(11-15)23(31)30-27(5,6)24(28)32/h8-12H,13-14H2,1-7H3,(H2,28,32)(H,30,31). The number of aliphatic imine (C=N–C) groups is 1. The van der Waals surface area contributed by atoms with E-state index in [4.69, 9.17) is 15.5 Å². The highest BCUT2D eigenvalue weighted by atomic mass is 32.2. The third-order valence-corrected chi connectivity index (χ3v) is 7.08. The number of rotatable bonds is 5. The van der Waals surface area contributed by atoms with E-state index >= 15 is 0 Å². The highest BCUT2D eigenvalue weighted by Gasteiger charge is 2.39. The van der Waals surface area contributed by atoms with Crippen LogP contribution in [0.2, 0.25) is 0 Å². The minimum Gasteiger partial charge on any atom is -0.486 e. The van der Waals surface area contributed by atoms with Crippen LogP contribution in [0, 0.1) is 0 Å². The number of ether oxygens (including phenoxy) is 1. The van der Waals surface area contributed by atoms with E-state index in [-0.39, 0.29) is 17.0 Å². The maximum Gasteiger partial charge on any atom is 0.252 e. The summed E-state index contributed by atoms with van der Waals surface area (Å²) in [5, 5.41) is 2.73. The molecule has 7 heteroatoms. The van der Waals surface area contributed by atoms with Gasteiger partial charge in [0.25, 0.3) is 5.91 Å². The van der Waals surface area contributed by atoms with Gasteiger partial charge in [-0.2, -0.15) is 0 Å². The summed E-state index contributed by atoms with van der Waals surface area (Å²) in [6.07, 6.45) is 3.71. The number of amides is 2. The summed E-state index contributed by atoms with van der Waals surface area (Å²) in [6.45, 7) is 11.7. The number of nitrogens with zero attached hydrogens (tertiary/aromatic N) is 1. The lowest BCUT2D eigenvalue weighted by Gasteiger charge is -2.31. The zero-order valence-electron chi connectivity index (χ0n) is 21.0. The van der Waals surface area contributed by atoms with Crippen LogP contribution in [0.3, 0.4) is 0 Å². The number of nitrogens with one attached hydrogen (secondary N) is 1. The summed E-state index contributed by atoms with van der Waals surface area (Å²) >= 11 is 1.70. The van der Waals surface area contributed by atoms with Crippen molar-refractivity contribution in [1.82, 2.24) is 5.32 Å². The summed E-state index contributed by atoms with van der Waals surface area (Å²) in [4.78, 5) is 31.0. The van der Waals surface area contributed by atoms with Crippen molar-refractivity contribution in [2.24, 2.45) is 10.7 Å². The van der Waals surface area contributed by atoms with Crippen LogP contribution in [0.4, 0.5) is 0 Å². The molecule has 0 saturated carbocycles. The molecule has 0 spiro atoms. The quantitative estimate of drug-likeness (QED) is 0.626. The predicted octanol–water partition coefficient (Wildman–Crippen LogP) is 4.29. The van der Waals surface area contributed by atoms with Gasteiger partial charge in [-0.05, 0) is 78.0 Å². The number of primary amides is 1. The van der Waals surface area contributed by atoms with Crippen molar-refractivity contribution in [2.75, 3.05) is 6.26 Å². The van der Waals surface area contributed by atoms with Crippen molar-refractivity contribution < 1.29 is 14.3 Å². The van der Waals surface area contributed by atoms with Crippen LogP contribution in [0.25, 0.3) is 0 Å². The first kappa shape index (κ1) is 24.3. The molecule has 0 bridgehead atoms. The third-order valence-electron chi connectivity index (χ3n) is 6.34. The van der Waals surface area contributed by atoms with Crippen LogP contribution in [0.1, 0.15) is 74.2 Å². The van der Waals surface area contributed by atoms with Gasteiger partial charge in [0.2, 0.25) is 5.91 Å². The van der Waals surface area contributed by atoms with Gasteiger partial charge in [-0.25, -0.2) is 0 Å². The molecule has 0 radical (unpaired) electrons. The molecular formula is C27H33N3O3S. The molecule has 0 unspecified atom stereocenters. The van der Waals surface area contributed by atoms with Crippen LogP contribution >= 0.6 is 11.8 Å². The molecule has 2 aliphatic heterocycles. The average molecular weight is 480 g/mol. The molecular weight excluding hydrogens is 446 g/mol. The van der Waals surface area contributed by atoms with Crippen molar-refractivity contribution in [3.63, 3.8) is 0 Å². The molecule has 0 aliphatic carbocycles. The third kappa shape index (κ3) is 4.45.